The predicted molar refractivity (Wildman–Crippen MR) is 70.2 cm³/mol. The molecule has 1 aliphatic rings. The lowest BCUT2D eigenvalue weighted by molar-refractivity contribution is 0.419. The number of nitrogens with one attached hydrogen (secondary N) is 2. The van der Waals surface area contributed by atoms with Crippen LogP contribution in [-0.2, 0) is 0 Å². The molecule has 0 bridgehead atoms. The molecule has 17 heavy (non-hydrogen) atoms. The highest BCUT2D eigenvalue weighted by atomic mass is 16.3. The van der Waals surface area contributed by atoms with Crippen molar-refractivity contribution < 1.29 is 5.11 Å². The highest BCUT2D eigenvalue weighted by Gasteiger charge is 2.15. The van der Waals surface area contributed by atoms with E-state index in [9.17, 15) is 5.11 Å². The molecule has 2 atom stereocenters. The Labute approximate surface area is 103 Å². The van der Waals surface area contributed by atoms with Crippen molar-refractivity contribution in [2.45, 2.75) is 38.3 Å². The molecule has 0 aliphatic carbocycles. The van der Waals surface area contributed by atoms with Crippen molar-refractivity contribution in [2.75, 3.05) is 13.1 Å². The smallest absolute Gasteiger partial charge is 0.115 e. The summed E-state index contributed by atoms with van der Waals surface area (Å²) in [6, 6.07) is 8.40. The zero-order valence-corrected chi connectivity index (χ0v) is 10.4. The van der Waals surface area contributed by atoms with Crippen molar-refractivity contribution in [2.24, 2.45) is 0 Å². The van der Waals surface area contributed by atoms with Gasteiger partial charge in [-0.25, -0.2) is 0 Å². The first-order valence-corrected chi connectivity index (χ1v) is 6.51. The van der Waals surface area contributed by atoms with Crippen LogP contribution in [0.25, 0.3) is 0 Å². The lowest BCUT2D eigenvalue weighted by Gasteiger charge is -2.22. The fourth-order valence-electron chi connectivity index (χ4n) is 2.43. The van der Waals surface area contributed by atoms with Crippen molar-refractivity contribution in [1.29, 1.82) is 0 Å². The molecule has 1 fully saturated rings. The lowest BCUT2D eigenvalue weighted by Crippen LogP contribution is -2.32. The van der Waals surface area contributed by atoms with E-state index in [1.165, 1.54) is 19.3 Å². The number of phenolic OH excluding ortho intramolecular Hbond substituents is 1. The van der Waals surface area contributed by atoms with Crippen LogP contribution < -0.4 is 10.6 Å². The Bertz CT molecular complexity index is 346. The maximum absolute atomic E-state index is 9.48. The van der Waals surface area contributed by atoms with Crippen LogP contribution in [0.2, 0.25) is 0 Å². The maximum atomic E-state index is 9.48. The fourth-order valence-corrected chi connectivity index (χ4v) is 2.43. The van der Waals surface area contributed by atoms with Crippen LogP contribution in [0.3, 0.4) is 0 Å². The van der Waals surface area contributed by atoms with Crippen LogP contribution in [0.1, 0.15) is 37.8 Å². The first-order valence-electron chi connectivity index (χ1n) is 6.51. The average Bonchev–Trinajstić information content (AvgIpc) is 2.57. The molecule has 2 rings (SSSR count). The number of phenols is 1. The highest BCUT2D eigenvalue weighted by Crippen LogP contribution is 2.19. The van der Waals surface area contributed by atoms with Gasteiger partial charge in [0.05, 0.1) is 0 Å². The second-order valence-electron chi connectivity index (χ2n) is 4.86. The molecule has 1 aromatic rings. The summed E-state index contributed by atoms with van der Waals surface area (Å²) in [4.78, 5) is 0. The van der Waals surface area contributed by atoms with E-state index in [1.54, 1.807) is 6.07 Å². The van der Waals surface area contributed by atoms with E-state index in [4.69, 9.17) is 0 Å². The molecule has 0 spiro atoms. The molecule has 0 amide bonds. The van der Waals surface area contributed by atoms with E-state index in [0.29, 0.717) is 17.8 Å². The molecular formula is C14H22N2O. The third-order valence-corrected chi connectivity index (χ3v) is 3.43. The summed E-state index contributed by atoms with van der Waals surface area (Å²) in [5, 5.41) is 16.5. The summed E-state index contributed by atoms with van der Waals surface area (Å²) in [5.41, 5.74) is 1.15. The minimum absolute atomic E-state index is 0.296. The molecule has 0 aromatic heterocycles. The highest BCUT2D eigenvalue weighted by molar-refractivity contribution is 5.29. The normalized spacial score (nSPS) is 23.0. The summed E-state index contributed by atoms with van der Waals surface area (Å²) in [6.07, 6.45) is 3.66. The van der Waals surface area contributed by atoms with Crippen molar-refractivity contribution in [3.8, 4) is 5.75 Å². The van der Waals surface area contributed by atoms with Crippen molar-refractivity contribution in [3.05, 3.63) is 29.8 Å². The van der Waals surface area contributed by atoms with Gasteiger partial charge in [0, 0.05) is 12.1 Å². The Balaban J connectivity index is 1.93. The van der Waals surface area contributed by atoms with Crippen LogP contribution in [-0.4, -0.2) is 24.2 Å². The van der Waals surface area contributed by atoms with Gasteiger partial charge in [0.1, 0.15) is 5.75 Å². The van der Waals surface area contributed by atoms with Gasteiger partial charge in [0.25, 0.3) is 0 Å². The number of rotatable bonds is 3. The summed E-state index contributed by atoms with van der Waals surface area (Å²) in [6.45, 7) is 4.40. The van der Waals surface area contributed by atoms with Gasteiger partial charge in [0.2, 0.25) is 0 Å². The van der Waals surface area contributed by atoms with Gasteiger partial charge < -0.3 is 15.7 Å². The zero-order valence-electron chi connectivity index (χ0n) is 10.4. The van der Waals surface area contributed by atoms with E-state index < -0.39 is 0 Å². The third kappa shape index (κ3) is 3.72. The third-order valence-electron chi connectivity index (χ3n) is 3.43. The maximum Gasteiger partial charge on any atom is 0.115 e. The van der Waals surface area contributed by atoms with Gasteiger partial charge in [-0.2, -0.15) is 0 Å². The van der Waals surface area contributed by atoms with Crippen molar-refractivity contribution in [1.82, 2.24) is 10.6 Å². The molecule has 0 radical (unpaired) electrons. The van der Waals surface area contributed by atoms with E-state index in [0.717, 1.165) is 18.7 Å². The SMILES string of the molecule is CC(NC1CCCNCC1)c1cccc(O)c1. The topological polar surface area (TPSA) is 44.3 Å². The van der Waals surface area contributed by atoms with E-state index in [-0.39, 0.29) is 0 Å². The summed E-state index contributed by atoms with van der Waals surface area (Å²) in [7, 11) is 0. The molecule has 3 N–H and O–H groups in total. The Morgan fingerprint density at radius 1 is 1.35 bits per heavy atom. The molecule has 1 aliphatic heterocycles. The largest absolute Gasteiger partial charge is 0.508 e. The molecular weight excluding hydrogens is 212 g/mol. The van der Waals surface area contributed by atoms with Gasteiger partial charge in [-0.15, -0.1) is 0 Å². The minimum atomic E-state index is 0.296. The van der Waals surface area contributed by atoms with Crippen LogP contribution in [0.4, 0.5) is 0 Å². The number of hydrogen-bond donors (Lipinski definition) is 3. The first-order chi connectivity index (χ1) is 8.25. The van der Waals surface area contributed by atoms with Crippen LogP contribution in [0, 0.1) is 0 Å². The van der Waals surface area contributed by atoms with Gasteiger partial charge in [-0.1, -0.05) is 12.1 Å². The molecule has 1 saturated heterocycles. The van der Waals surface area contributed by atoms with Crippen molar-refractivity contribution >= 4 is 0 Å². The van der Waals surface area contributed by atoms with Crippen molar-refractivity contribution in [3.63, 3.8) is 0 Å². The number of benzene rings is 1. The van der Waals surface area contributed by atoms with Gasteiger partial charge >= 0.3 is 0 Å². The Hall–Kier alpha value is -1.06. The van der Waals surface area contributed by atoms with E-state index in [2.05, 4.69) is 23.6 Å². The predicted octanol–water partition coefficient (Wildman–Crippen LogP) is 2.18. The Morgan fingerprint density at radius 3 is 3.06 bits per heavy atom. The zero-order chi connectivity index (χ0) is 12.1. The lowest BCUT2D eigenvalue weighted by atomic mass is 10.0. The van der Waals surface area contributed by atoms with Crippen LogP contribution in [0.5, 0.6) is 5.75 Å². The summed E-state index contributed by atoms with van der Waals surface area (Å²) in [5.74, 6) is 0.346. The average molecular weight is 234 g/mol. The molecule has 3 nitrogen and oxygen atoms in total. The number of hydrogen-bond acceptors (Lipinski definition) is 3. The van der Waals surface area contributed by atoms with Gasteiger partial charge in [0.15, 0.2) is 0 Å². The standard InChI is InChI=1S/C14H22N2O/c1-11(12-4-2-6-14(17)10-12)16-13-5-3-8-15-9-7-13/h2,4,6,10-11,13,15-17H,3,5,7-9H2,1H3. The Kier molecular flexibility index (Phi) is 4.40. The minimum Gasteiger partial charge on any atom is -0.508 e. The molecule has 1 aromatic carbocycles. The monoisotopic (exact) mass is 234 g/mol. The molecule has 3 heteroatoms. The van der Waals surface area contributed by atoms with Gasteiger partial charge in [-0.05, 0) is 57.0 Å². The van der Waals surface area contributed by atoms with Gasteiger partial charge in [-0.3, -0.25) is 0 Å². The number of aromatic hydroxyl groups is 1. The molecule has 0 saturated carbocycles. The van der Waals surface area contributed by atoms with Crippen LogP contribution >= 0.6 is 0 Å². The van der Waals surface area contributed by atoms with E-state index >= 15 is 0 Å². The van der Waals surface area contributed by atoms with Crippen LogP contribution in [0.15, 0.2) is 24.3 Å². The summed E-state index contributed by atoms with van der Waals surface area (Å²) < 4.78 is 0. The quantitative estimate of drug-likeness (QED) is 0.751. The Morgan fingerprint density at radius 2 is 2.24 bits per heavy atom. The molecule has 94 valence electrons. The molecule has 1 heterocycles. The summed E-state index contributed by atoms with van der Waals surface area (Å²) >= 11 is 0. The fraction of sp³-hybridized carbons (Fsp3) is 0.571. The van der Waals surface area contributed by atoms with E-state index in [1.807, 2.05) is 12.1 Å². The second kappa shape index (κ2) is 6.03. The second-order valence-corrected chi connectivity index (χ2v) is 4.86. The molecule has 2 unspecified atom stereocenters. The first kappa shape index (κ1) is 12.4.